The Balaban J connectivity index is 1.41. The van der Waals surface area contributed by atoms with E-state index in [1.807, 2.05) is 63.2 Å². The Labute approximate surface area is 207 Å². The van der Waals surface area contributed by atoms with Crippen LogP contribution < -0.4 is 10.6 Å². The number of carbonyl (C=O) groups is 2. The maximum Gasteiger partial charge on any atom is 0.414 e. The van der Waals surface area contributed by atoms with Gasteiger partial charge in [0.1, 0.15) is 17.7 Å². The van der Waals surface area contributed by atoms with E-state index >= 15 is 0 Å². The van der Waals surface area contributed by atoms with Crippen LogP contribution in [0.1, 0.15) is 31.9 Å². The van der Waals surface area contributed by atoms with Crippen molar-refractivity contribution >= 4 is 17.7 Å². The Bertz CT molecular complexity index is 1010. The maximum atomic E-state index is 13.1. The summed E-state index contributed by atoms with van der Waals surface area (Å²) in [6, 6.07) is 17.4. The summed E-state index contributed by atoms with van der Waals surface area (Å²) in [5, 5.41) is 0. The lowest BCUT2D eigenvalue weighted by atomic mass is 10.1. The molecule has 0 bridgehead atoms. The fourth-order valence-electron chi connectivity index (χ4n) is 4.57. The molecule has 2 aromatic rings. The van der Waals surface area contributed by atoms with E-state index in [0.29, 0.717) is 32.7 Å². The molecule has 8 nitrogen and oxygen atoms in total. The van der Waals surface area contributed by atoms with Gasteiger partial charge in [-0.25, -0.2) is 4.79 Å². The molecule has 2 atom stereocenters. The van der Waals surface area contributed by atoms with Gasteiger partial charge in [0.05, 0.1) is 6.54 Å². The highest BCUT2D eigenvalue weighted by atomic mass is 16.6. The molecular formula is C27H36N4O4. The number of piperazine rings is 1. The van der Waals surface area contributed by atoms with Crippen molar-refractivity contribution in [3.63, 3.8) is 0 Å². The number of anilines is 1. The van der Waals surface area contributed by atoms with Gasteiger partial charge >= 0.3 is 12.1 Å². The Morgan fingerprint density at radius 3 is 2.40 bits per heavy atom. The van der Waals surface area contributed by atoms with Crippen molar-refractivity contribution in [3.05, 3.63) is 65.7 Å². The second-order valence-electron chi connectivity index (χ2n) is 10.3. The summed E-state index contributed by atoms with van der Waals surface area (Å²) >= 11 is 0. The number of nitrogens with zero attached hydrogens (tertiary/aromatic N) is 3. The Kier molecular flexibility index (Phi) is 7.74. The Morgan fingerprint density at radius 2 is 1.74 bits per heavy atom. The minimum absolute atomic E-state index is 0.219. The zero-order chi connectivity index (χ0) is 25.0. The van der Waals surface area contributed by atoms with E-state index in [9.17, 15) is 9.59 Å². The summed E-state index contributed by atoms with van der Waals surface area (Å²) < 4.78 is 11.4. The number of nitrogens with two attached hydrogens (primary N) is 1. The van der Waals surface area contributed by atoms with Gasteiger partial charge in [0.15, 0.2) is 0 Å². The number of hydrogen-bond acceptors (Lipinski definition) is 7. The van der Waals surface area contributed by atoms with Gasteiger partial charge in [0.2, 0.25) is 0 Å². The van der Waals surface area contributed by atoms with E-state index in [1.165, 1.54) is 0 Å². The van der Waals surface area contributed by atoms with Crippen LogP contribution in [0.3, 0.4) is 0 Å². The number of carbonyl (C=O) groups excluding carboxylic acids is 2. The second-order valence-corrected chi connectivity index (χ2v) is 10.3. The molecule has 2 heterocycles. The van der Waals surface area contributed by atoms with E-state index in [2.05, 4.69) is 21.9 Å². The van der Waals surface area contributed by atoms with Crippen molar-refractivity contribution in [2.45, 2.75) is 51.6 Å². The molecule has 4 rings (SSSR count). The third kappa shape index (κ3) is 6.60. The average molecular weight is 481 g/mol. The third-order valence-electron chi connectivity index (χ3n) is 6.30. The van der Waals surface area contributed by atoms with Crippen LogP contribution in [0.2, 0.25) is 0 Å². The van der Waals surface area contributed by atoms with Gasteiger partial charge in [-0.05, 0) is 44.0 Å². The molecule has 2 aliphatic heterocycles. The normalized spacial score (nSPS) is 21.7. The molecule has 2 saturated heterocycles. The van der Waals surface area contributed by atoms with Crippen LogP contribution in [-0.4, -0.2) is 72.3 Å². The summed E-state index contributed by atoms with van der Waals surface area (Å²) in [5.41, 5.74) is 8.10. The molecule has 8 heteroatoms. The van der Waals surface area contributed by atoms with Crippen LogP contribution >= 0.6 is 0 Å². The molecule has 0 saturated carbocycles. The fourth-order valence-corrected chi connectivity index (χ4v) is 4.57. The van der Waals surface area contributed by atoms with E-state index < -0.39 is 5.60 Å². The van der Waals surface area contributed by atoms with E-state index in [1.54, 1.807) is 4.90 Å². The molecule has 0 aliphatic carbocycles. The standard InChI is InChI=1S/C27H36N4O4/c1-27(2,3)35-25(32)24-19-29(13-14-30(24)16-21-7-5-4-6-8-21)17-23-18-31(26(33)34-23)22-11-9-20(15-28)10-12-22/h4-12,23-24H,13-19,28H2,1-3H3. The Hall–Kier alpha value is -2.94. The van der Waals surface area contributed by atoms with Gasteiger partial charge < -0.3 is 15.2 Å². The van der Waals surface area contributed by atoms with Gasteiger partial charge in [0, 0.05) is 45.0 Å². The van der Waals surface area contributed by atoms with E-state index in [4.69, 9.17) is 15.2 Å². The van der Waals surface area contributed by atoms with Crippen molar-refractivity contribution in [2.75, 3.05) is 37.6 Å². The molecule has 2 aliphatic rings. The molecular weight excluding hydrogens is 444 g/mol. The number of benzene rings is 2. The van der Waals surface area contributed by atoms with Crippen molar-refractivity contribution in [2.24, 2.45) is 5.73 Å². The highest BCUT2D eigenvalue weighted by Gasteiger charge is 2.38. The molecule has 0 spiro atoms. The lowest BCUT2D eigenvalue weighted by molar-refractivity contribution is -0.164. The number of ether oxygens (including phenoxy) is 2. The molecule has 1 amide bonds. The van der Waals surface area contributed by atoms with Crippen LogP contribution in [-0.2, 0) is 27.4 Å². The first-order valence-electron chi connectivity index (χ1n) is 12.2. The second kappa shape index (κ2) is 10.8. The van der Waals surface area contributed by atoms with Gasteiger partial charge in [0.25, 0.3) is 0 Å². The molecule has 2 fully saturated rings. The van der Waals surface area contributed by atoms with Crippen molar-refractivity contribution in [3.8, 4) is 0 Å². The number of esters is 1. The van der Waals surface area contributed by atoms with Gasteiger partial charge in [-0.3, -0.25) is 19.5 Å². The smallest absolute Gasteiger partial charge is 0.414 e. The molecule has 0 aromatic heterocycles. The summed E-state index contributed by atoms with van der Waals surface area (Å²) in [6.45, 7) is 9.89. The lowest BCUT2D eigenvalue weighted by Crippen LogP contribution is -2.58. The Morgan fingerprint density at radius 1 is 1.03 bits per heavy atom. The molecule has 0 radical (unpaired) electrons. The minimum Gasteiger partial charge on any atom is -0.459 e. The van der Waals surface area contributed by atoms with E-state index in [0.717, 1.165) is 29.9 Å². The first kappa shape index (κ1) is 25.2. The molecule has 2 unspecified atom stereocenters. The van der Waals surface area contributed by atoms with Crippen LogP contribution in [0.4, 0.5) is 10.5 Å². The van der Waals surface area contributed by atoms with E-state index in [-0.39, 0.29) is 24.2 Å². The third-order valence-corrected chi connectivity index (χ3v) is 6.30. The molecule has 2 N–H and O–H groups in total. The largest absolute Gasteiger partial charge is 0.459 e. The van der Waals surface area contributed by atoms with Crippen LogP contribution in [0.15, 0.2) is 54.6 Å². The predicted octanol–water partition coefficient (Wildman–Crippen LogP) is 3.00. The highest BCUT2D eigenvalue weighted by Crippen LogP contribution is 2.24. The number of cyclic esters (lactones) is 1. The summed E-state index contributed by atoms with van der Waals surface area (Å²) in [4.78, 5) is 31.7. The minimum atomic E-state index is -0.557. The molecule has 35 heavy (non-hydrogen) atoms. The summed E-state index contributed by atoms with van der Waals surface area (Å²) in [5.74, 6) is -0.219. The topological polar surface area (TPSA) is 88.3 Å². The van der Waals surface area contributed by atoms with Crippen molar-refractivity contribution in [1.82, 2.24) is 9.80 Å². The number of amides is 1. The van der Waals surface area contributed by atoms with Gasteiger partial charge in [-0.2, -0.15) is 0 Å². The highest BCUT2D eigenvalue weighted by molar-refractivity contribution is 5.89. The van der Waals surface area contributed by atoms with Gasteiger partial charge in [-0.1, -0.05) is 42.5 Å². The zero-order valence-corrected chi connectivity index (χ0v) is 20.9. The summed E-state index contributed by atoms with van der Waals surface area (Å²) in [7, 11) is 0. The maximum absolute atomic E-state index is 13.1. The average Bonchev–Trinajstić information content (AvgIpc) is 3.19. The zero-order valence-electron chi connectivity index (χ0n) is 20.9. The number of rotatable bonds is 7. The first-order chi connectivity index (χ1) is 16.7. The lowest BCUT2D eigenvalue weighted by Gasteiger charge is -2.41. The summed E-state index contributed by atoms with van der Waals surface area (Å²) in [6.07, 6.45) is -0.612. The number of hydrogen-bond donors (Lipinski definition) is 1. The van der Waals surface area contributed by atoms with Crippen LogP contribution in [0, 0.1) is 0 Å². The SMILES string of the molecule is CC(C)(C)OC(=O)C1CN(CC2CN(c3ccc(CN)cc3)C(=O)O2)CCN1Cc1ccccc1. The van der Waals surface area contributed by atoms with Crippen molar-refractivity contribution < 1.29 is 19.1 Å². The van der Waals surface area contributed by atoms with Crippen LogP contribution in [0.5, 0.6) is 0 Å². The first-order valence-corrected chi connectivity index (χ1v) is 12.2. The molecule has 188 valence electrons. The van der Waals surface area contributed by atoms with Gasteiger partial charge in [-0.15, -0.1) is 0 Å². The predicted molar refractivity (Wildman–Crippen MR) is 135 cm³/mol. The fraction of sp³-hybridized carbons (Fsp3) is 0.481. The van der Waals surface area contributed by atoms with Crippen LogP contribution in [0.25, 0.3) is 0 Å². The molecule has 2 aromatic carbocycles. The monoisotopic (exact) mass is 480 g/mol. The quantitative estimate of drug-likeness (QED) is 0.610. The van der Waals surface area contributed by atoms with Crippen molar-refractivity contribution in [1.29, 1.82) is 0 Å².